The Hall–Kier alpha value is -2.20. The fourth-order valence-electron chi connectivity index (χ4n) is 2.22. The van der Waals surface area contributed by atoms with Crippen molar-refractivity contribution in [3.05, 3.63) is 66.4 Å². The second-order valence-electron chi connectivity index (χ2n) is 4.67. The Labute approximate surface area is 119 Å². The van der Waals surface area contributed by atoms with Crippen LogP contribution >= 0.6 is 0 Å². The molecule has 0 aliphatic carbocycles. The molecule has 1 aromatic heterocycles. The van der Waals surface area contributed by atoms with Gasteiger partial charge in [0.15, 0.2) is 7.98 Å². The first kappa shape index (κ1) is 12.8. The molecule has 2 radical (unpaired) electrons. The molecule has 0 bridgehead atoms. The number of aromatic nitrogens is 1. The summed E-state index contributed by atoms with van der Waals surface area (Å²) in [7, 11) is 5.61. The van der Waals surface area contributed by atoms with Crippen LogP contribution in [0.4, 0.5) is 0 Å². The van der Waals surface area contributed by atoms with Gasteiger partial charge in [-0.25, -0.2) is 0 Å². The van der Waals surface area contributed by atoms with Gasteiger partial charge >= 0.3 is 0 Å². The van der Waals surface area contributed by atoms with E-state index in [1.54, 1.807) is 0 Å². The lowest BCUT2D eigenvalue weighted by Gasteiger charge is -2.17. The van der Waals surface area contributed by atoms with Crippen molar-refractivity contribution in [3.63, 3.8) is 0 Å². The summed E-state index contributed by atoms with van der Waals surface area (Å²) in [6, 6.07) is 18.0. The Morgan fingerprint density at radius 3 is 2.75 bits per heavy atom. The number of rotatable bonds is 5. The van der Waals surface area contributed by atoms with Gasteiger partial charge in [-0.05, 0) is 29.1 Å². The molecule has 0 fully saturated rings. The van der Waals surface area contributed by atoms with Gasteiger partial charge in [-0.15, -0.1) is 0 Å². The van der Waals surface area contributed by atoms with Gasteiger partial charge in [-0.3, -0.25) is 0 Å². The molecule has 2 N–H and O–H groups in total. The van der Waals surface area contributed by atoms with Crippen molar-refractivity contribution < 1.29 is 4.74 Å². The molecular weight excluding hydrogens is 247 g/mol. The van der Waals surface area contributed by atoms with Gasteiger partial charge in [-0.2, -0.15) is 0 Å². The third kappa shape index (κ3) is 2.70. The Bertz CT molecular complexity index is 681. The Balaban J connectivity index is 1.71. The van der Waals surface area contributed by atoms with Gasteiger partial charge in [0, 0.05) is 17.8 Å². The average molecular weight is 262 g/mol. The van der Waals surface area contributed by atoms with Crippen LogP contribution in [0.5, 0.6) is 5.75 Å². The van der Waals surface area contributed by atoms with Crippen molar-refractivity contribution in [2.24, 2.45) is 0 Å². The van der Waals surface area contributed by atoms with Gasteiger partial charge < -0.3 is 14.9 Å². The van der Waals surface area contributed by atoms with Crippen LogP contribution in [0, 0.1) is 0 Å². The fourth-order valence-corrected chi connectivity index (χ4v) is 2.22. The number of fused-ring (bicyclic) bond motifs is 1. The molecule has 4 heteroatoms. The molecule has 0 saturated heterocycles. The second-order valence-corrected chi connectivity index (χ2v) is 4.67. The molecule has 1 heterocycles. The zero-order chi connectivity index (χ0) is 13.8. The zero-order valence-electron chi connectivity index (χ0n) is 11.0. The van der Waals surface area contributed by atoms with Crippen LogP contribution in [-0.4, -0.2) is 19.6 Å². The monoisotopic (exact) mass is 262 g/mol. The maximum Gasteiger partial charge on any atom is 0.178 e. The number of hydrogen-bond donors (Lipinski definition) is 2. The number of ether oxygens (including phenoxy) is 1. The molecule has 3 rings (SSSR count). The highest BCUT2D eigenvalue weighted by Crippen LogP contribution is 2.21. The lowest BCUT2D eigenvalue weighted by atomic mass is 10.1. The summed E-state index contributed by atoms with van der Waals surface area (Å²) in [5.74, 6) is 0.830. The van der Waals surface area contributed by atoms with Crippen molar-refractivity contribution >= 4 is 18.9 Å². The molecule has 0 saturated carbocycles. The fraction of sp³-hybridized carbons (Fsp3) is 0.125. The number of hydrogen-bond acceptors (Lipinski definition) is 2. The van der Waals surface area contributed by atoms with Crippen molar-refractivity contribution in [1.29, 1.82) is 0 Å². The summed E-state index contributed by atoms with van der Waals surface area (Å²) in [4.78, 5) is 3.17. The lowest BCUT2D eigenvalue weighted by Crippen LogP contribution is -2.24. The molecule has 0 amide bonds. The standard InChI is InChI=1S/C16H15BN2O/c17-19-16(12-4-2-1-3-5-12)11-20-14-7-6-13-8-9-18-15(13)10-14/h1-10,16,18-19H,11H2/t16-/m0/s1. The first-order valence-corrected chi connectivity index (χ1v) is 6.58. The van der Waals surface area contributed by atoms with E-state index in [9.17, 15) is 0 Å². The smallest absolute Gasteiger partial charge is 0.178 e. The second kappa shape index (κ2) is 5.84. The summed E-state index contributed by atoms with van der Waals surface area (Å²) < 4.78 is 5.83. The number of H-pyrrole nitrogens is 1. The third-order valence-electron chi connectivity index (χ3n) is 3.35. The summed E-state index contributed by atoms with van der Waals surface area (Å²) in [6.45, 7) is 0.479. The zero-order valence-corrected chi connectivity index (χ0v) is 11.0. The number of aromatic amines is 1. The number of nitrogens with one attached hydrogen (secondary N) is 2. The van der Waals surface area contributed by atoms with E-state index >= 15 is 0 Å². The van der Waals surface area contributed by atoms with Crippen LogP contribution in [0.1, 0.15) is 11.6 Å². The van der Waals surface area contributed by atoms with Crippen LogP contribution in [-0.2, 0) is 0 Å². The minimum absolute atomic E-state index is 0.0319. The van der Waals surface area contributed by atoms with Crippen molar-refractivity contribution in [2.45, 2.75) is 6.04 Å². The Kier molecular flexibility index (Phi) is 3.74. The van der Waals surface area contributed by atoms with Crippen molar-refractivity contribution in [1.82, 2.24) is 10.2 Å². The van der Waals surface area contributed by atoms with E-state index in [2.05, 4.69) is 10.2 Å². The van der Waals surface area contributed by atoms with E-state index in [0.29, 0.717) is 6.61 Å². The van der Waals surface area contributed by atoms with Crippen LogP contribution in [0.15, 0.2) is 60.8 Å². The summed E-state index contributed by atoms with van der Waals surface area (Å²) in [6.07, 6.45) is 1.92. The van der Waals surface area contributed by atoms with Crippen LogP contribution in [0.25, 0.3) is 10.9 Å². The minimum atomic E-state index is -0.0319. The average Bonchev–Trinajstić information content (AvgIpc) is 2.96. The lowest BCUT2D eigenvalue weighted by molar-refractivity contribution is 0.283. The molecule has 0 unspecified atom stereocenters. The number of benzene rings is 2. The van der Waals surface area contributed by atoms with Gasteiger partial charge in [0.1, 0.15) is 12.4 Å². The topological polar surface area (TPSA) is 37.0 Å². The quantitative estimate of drug-likeness (QED) is 0.693. The molecule has 1 atom stereocenters. The Morgan fingerprint density at radius 2 is 1.95 bits per heavy atom. The van der Waals surface area contributed by atoms with E-state index < -0.39 is 0 Å². The maximum atomic E-state index is 5.83. The van der Waals surface area contributed by atoms with E-state index in [1.807, 2.05) is 60.8 Å². The first-order chi connectivity index (χ1) is 9.86. The van der Waals surface area contributed by atoms with Gasteiger partial charge in [0.2, 0.25) is 0 Å². The van der Waals surface area contributed by atoms with Gasteiger partial charge in [-0.1, -0.05) is 30.3 Å². The molecule has 0 aliphatic rings. The molecule has 98 valence electrons. The molecule has 0 spiro atoms. The van der Waals surface area contributed by atoms with Crippen LogP contribution in [0.3, 0.4) is 0 Å². The van der Waals surface area contributed by atoms with Gasteiger partial charge in [0.05, 0.1) is 6.04 Å². The highest BCUT2D eigenvalue weighted by molar-refractivity contribution is 6.04. The van der Waals surface area contributed by atoms with Crippen molar-refractivity contribution in [3.8, 4) is 5.75 Å². The third-order valence-corrected chi connectivity index (χ3v) is 3.35. The van der Waals surface area contributed by atoms with Crippen molar-refractivity contribution in [2.75, 3.05) is 6.61 Å². The highest BCUT2D eigenvalue weighted by atomic mass is 16.5. The molecule has 2 aromatic carbocycles. The predicted molar refractivity (Wildman–Crippen MR) is 81.9 cm³/mol. The van der Waals surface area contributed by atoms with E-state index in [4.69, 9.17) is 12.7 Å². The van der Waals surface area contributed by atoms with Crippen LogP contribution in [0.2, 0.25) is 0 Å². The molecule has 20 heavy (non-hydrogen) atoms. The van der Waals surface area contributed by atoms with E-state index in [0.717, 1.165) is 16.8 Å². The minimum Gasteiger partial charge on any atom is -0.492 e. The predicted octanol–water partition coefficient (Wildman–Crippen LogP) is 2.96. The largest absolute Gasteiger partial charge is 0.492 e. The molecule has 3 aromatic rings. The SMILES string of the molecule is [B]N[C@@H](COc1ccc2cc[nH]c2c1)c1ccccc1. The summed E-state index contributed by atoms with van der Waals surface area (Å²) >= 11 is 0. The molecular formula is C16H15BN2O. The summed E-state index contributed by atoms with van der Waals surface area (Å²) in [5, 5.41) is 3.96. The van der Waals surface area contributed by atoms with E-state index in [-0.39, 0.29) is 6.04 Å². The van der Waals surface area contributed by atoms with Crippen LogP contribution < -0.4 is 9.96 Å². The van der Waals surface area contributed by atoms with E-state index in [1.165, 1.54) is 5.39 Å². The highest BCUT2D eigenvalue weighted by Gasteiger charge is 2.09. The normalized spacial score (nSPS) is 12.4. The maximum absolute atomic E-state index is 5.83. The Morgan fingerprint density at radius 1 is 1.10 bits per heavy atom. The first-order valence-electron chi connectivity index (χ1n) is 6.58. The molecule has 0 aliphatic heterocycles. The van der Waals surface area contributed by atoms with Gasteiger partial charge in [0.25, 0.3) is 0 Å². The molecule has 3 nitrogen and oxygen atoms in total. The summed E-state index contributed by atoms with van der Waals surface area (Å²) in [5.41, 5.74) is 2.18.